The van der Waals surface area contributed by atoms with E-state index in [2.05, 4.69) is 10.6 Å². The molecule has 146 valence electrons. The van der Waals surface area contributed by atoms with Crippen molar-refractivity contribution in [2.45, 2.75) is 63.8 Å². The molecule has 0 bridgehead atoms. The summed E-state index contributed by atoms with van der Waals surface area (Å²) in [5, 5.41) is 44.3. The third kappa shape index (κ3) is 4.33. The Bertz CT molecular complexity index is 645. The van der Waals surface area contributed by atoms with Crippen LogP contribution in [0.25, 0.3) is 0 Å². The Labute approximate surface area is 152 Å². The second-order valence-corrected chi connectivity index (χ2v) is 7.60. The lowest BCUT2D eigenvalue weighted by atomic mass is 9.84. The van der Waals surface area contributed by atoms with Gasteiger partial charge in [-0.1, -0.05) is 39.0 Å². The normalized spacial score (nSPS) is 29.3. The lowest BCUT2D eigenvalue weighted by Gasteiger charge is -2.40. The third-order valence-corrected chi connectivity index (χ3v) is 4.52. The largest absolute Gasteiger partial charge is 0.394 e. The summed E-state index contributed by atoms with van der Waals surface area (Å²) >= 11 is 0. The van der Waals surface area contributed by atoms with Crippen LogP contribution >= 0.6 is 0 Å². The third-order valence-electron chi connectivity index (χ3n) is 4.52. The number of aryl methyl sites for hydroxylation is 1. The van der Waals surface area contributed by atoms with Gasteiger partial charge in [-0.3, -0.25) is 0 Å². The first-order valence-electron chi connectivity index (χ1n) is 8.54. The number of urea groups is 1. The summed E-state index contributed by atoms with van der Waals surface area (Å²) in [6.45, 7) is 7.39. The molecular weight excluding hydrogens is 340 g/mol. The van der Waals surface area contributed by atoms with Crippen LogP contribution in [0, 0.1) is 6.92 Å². The smallest absolute Gasteiger partial charge is 0.319 e. The van der Waals surface area contributed by atoms with Crippen molar-refractivity contribution in [3.05, 3.63) is 29.3 Å². The van der Waals surface area contributed by atoms with Gasteiger partial charge in [-0.25, -0.2) is 4.79 Å². The van der Waals surface area contributed by atoms with Crippen molar-refractivity contribution < 1.29 is 30.0 Å². The van der Waals surface area contributed by atoms with Gasteiger partial charge in [0.05, 0.1) is 6.61 Å². The molecule has 0 aliphatic carbocycles. The van der Waals surface area contributed by atoms with E-state index >= 15 is 0 Å². The standard InChI is InChI=1S/C18H28N2O6/c1-9-6-5-7-10(18(2,3)4)12(9)19-17(25)20-13-15(23)14(22)11(8-21)26-16(13)24/h5-7,11,13-16,21-24H,8H2,1-4H3,(H2,19,20,25)/t11-,13-,14-,15-,16+/m1/s1. The van der Waals surface area contributed by atoms with Gasteiger partial charge < -0.3 is 35.8 Å². The minimum Gasteiger partial charge on any atom is -0.394 e. The van der Waals surface area contributed by atoms with Crippen LogP contribution in [-0.4, -0.2) is 63.7 Å². The highest BCUT2D eigenvalue weighted by molar-refractivity contribution is 5.91. The number of nitrogens with one attached hydrogen (secondary N) is 2. The Kier molecular flexibility index (Phi) is 6.25. The second kappa shape index (κ2) is 7.89. The van der Waals surface area contributed by atoms with Crippen molar-refractivity contribution in [1.29, 1.82) is 0 Å². The molecule has 26 heavy (non-hydrogen) atoms. The first-order valence-corrected chi connectivity index (χ1v) is 8.54. The summed E-state index contributed by atoms with van der Waals surface area (Å²) in [6, 6.07) is 3.81. The van der Waals surface area contributed by atoms with E-state index in [0.29, 0.717) is 5.69 Å². The molecule has 1 aliphatic heterocycles. The van der Waals surface area contributed by atoms with Crippen LogP contribution in [0.4, 0.5) is 10.5 Å². The first-order chi connectivity index (χ1) is 12.1. The number of rotatable bonds is 3. The molecule has 1 aromatic rings. The molecule has 0 unspecified atom stereocenters. The van der Waals surface area contributed by atoms with Crippen LogP contribution in [0.15, 0.2) is 18.2 Å². The Hall–Kier alpha value is -1.71. The predicted octanol–water partition coefficient (Wildman–Crippen LogP) is 0.214. The summed E-state index contributed by atoms with van der Waals surface area (Å²) in [5.74, 6) is 0. The number of benzene rings is 1. The van der Waals surface area contributed by atoms with Crippen molar-refractivity contribution >= 4 is 11.7 Å². The molecule has 2 amide bonds. The molecule has 5 atom stereocenters. The molecule has 8 nitrogen and oxygen atoms in total. The summed E-state index contributed by atoms with van der Waals surface area (Å²) in [6.07, 6.45) is -5.60. The fraction of sp³-hybridized carbons (Fsp3) is 0.611. The number of ether oxygens (including phenoxy) is 1. The SMILES string of the molecule is Cc1cccc(C(C)(C)C)c1NC(=O)N[C@@H]1[C@@H](O)[C@H](O)[C@@H](CO)O[C@@H]1O. The summed E-state index contributed by atoms with van der Waals surface area (Å²) < 4.78 is 5.04. The van der Waals surface area contributed by atoms with E-state index in [-0.39, 0.29) is 5.41 Å². The zero-order valence-electron chi connectivity index (χ0n) is 15.4. The maximum Gasteiger partial charge on any atom is 0.319 e. The number of carbonyl (C=O) groups excluding carboxylic acids is 1. The number of anilines is 1. The Morgan fingerprint density at radius 1 is 1.19 bits per heavy atom. The van der Waals surface area contributed by atoms with Crippen molar-refractivity contribution in [1.82, 2.24) is 5.32 Å². The van der Waals surface area contributed by atoms with Crippen LogP contribution in [0.3, 0.4) is 0 Å². The molecule has 0 saturated carbocycles. The van der Waals surface area contributed by atoms with Gasteiger partial charge in [-0.15, -0.1) is 0 Å². The summed E-state index contributed by atoms with van der Waals surface area (Å²) in [5.41, 5.74) is 2.25. The van der Waals surface area contributed by atoms with E-state index < -0.39 is 43.3 Å². The van der Waals surface area contributed by atoms with Gasteiger partial charge in [0.15, 0.2) is 6.29 Å². The van der Waals surface area contributed by atoms with E-state index in [4.69, 9.17) is 9.84 Å². The fourth-order valence-electron chi connectivity index (χ4n) is 3.01. The van der Waals surface area contributed by atoms with E-state index in [9.17, 15) is 20.1 Å². The zero-order valence-corrected chi connectivity index (χ0v) is 15.4. The number of carbonyl (C=O) groups is 1. The van der Waals surface area contributed by atoms with Crippen molar-refractivity contribution in [3.63, 3.8) is 0 Å². The van der Waals surface area contributed by atoms with E-state index in [1.165, 1.54) is 0 Å². The second-order valence-electron chi connectivity index (χ2n) is 7.60. The summed E-state index contributed by atoms with van der Waals surface area (Å²) in [7, 11) is 0. The molecule has 1 aromatic carbocycles. The highest BCUT2D eigenvalue weighted by Gasteiger charge is 2.44. The molecule has 2 rings (SSSR count). The van der Waals surface area contributed by atoms with Crippen LogP contribution in [0.1, 0.15) is 31.9 Å². The van der Waals surface area contributed by atoms with Gasteiger partial charge in [0.25, 0.3) is 0 Å². The number of amides is 2. The van der Waals surface area contributed by atoms with E-state index in [0.717, 1.165) is 11.1 Å². The highest BCUT2D eigenvalue weighted by atomic mass is 16.6. The average Bonchev–Trinajstić information content (AvgIpc) is 2.55. The maximum atomic E-state index is 12.4. The molecule has 0 radical (unpaired) electrons. The number of para-hydroxylation sites is 1. The van der Waals surface area contributed by atoms with Crippen molar-refractivity contribution in [3.8, 4) is 0 Å². The highest BCUT2D eigenvalue weighted by Crippen LogP contribution is 2.32. The van der Waals surface area contributed by atoms with Crippen molar-refractivity contribution in [2.24, 2.45) is 0 Å². The number of hydrogen-bond acceptors (Lipinski definition) is 6. The molecule has 0 spiro atoms. The average molecular weight is 368 g/mol. The Morgan fingerprint density at radius 2 is 1.85 bits per heavy atom. The monoisotopic (exact) mass is 368 g/mol. The molecule has 0 aromatic heterocycles. The van der Waals surface area contributed by atoms with Gasteiger partial charge in [0.1, 0.15) is 24.4 Å². The van der Waals surface area contributed by atoms with E-state index in [1.54, 1.807) is 0 Å². The van der Waals surface area contributed by atoms with Crippen LogP contribution in [0.5, 0.6) is 0 Å². The lowest BCUT2D eigenvalue weighted by molar-refractivity contribution is -0.252. The molecule has 1 aliphatic rings. The Balaban J connectivity index is 2.15. The fourth-order valence-corrected chi connectivity index (χ4v) is 3.01. The van der Waals surface area contributed by atoms with Gasteiger partial charge >= 0.3 is 6.03 Å². The van der Waals surface area contributed by atoms with Crippen LogP contribution in [-0.2, 0) is 10.2 Å². The van der Waals surface area contributed by atoms with E-state index in [1.807, 2.05) is 45.9 Å². The predicted molar refractivity (Wildman–Crippen MR) is 95.8 cm³/mol. The topological polar surface area (TPSA) is 131 Å². The van der Waals surface area contributed by atoms with Gasteiger partial charge in [0, 0.05) is 5.69 Å². The molecular formula is C18H28N2O6. The quantitative estimate of drug-likeness (QED) is 0.452. The van der Waals surface area contributed by atoms with Gasteiger partial charge in [-0.2, -0.15) is 0 Å². The number of aliphatic hydroxyl groups excluding tert-OH is 4. The molecule has 1 heterocycles. The minimum absolute atomic E-state index is 0.202. The number of hydrogen-bond donors (Lipinski definition) is 6. The van der Waals surface area contributed by atoms with Gasteiger partial charge in [-0.05, 0) is 23.5 Å². The van der Waals surface area contributed by atoms with Crippen LogP contribution < -0.4 is 10.6 Å². The summed E-state index contributed by atoms with van der Waals surface area (Å²) in [4.78, 5) is 12.4. The van der Waals surface area contributed by atoms with Crippen molar-refractivity contribution in [2.75, 3.05) is 11.9 Å². The number of aliphatic hydroxyl groups is 4. The van der Waals surface area contributed by atoms with Gasteiger partial charge in [0.2, 0.25) is 0 Å². The first kappa shape index (κ1) is 20.6. The lowest BCUT2D eigenvalue weighted by Crippen LogP contribution is -2.64. The zero-order chi connectivity index (χ0) is 19.6. The molecule has 6 N–H and O–H groups in total. The molecule has 1 fully saturated rings. The minimum atomic E-state index is -1.56. The Morgan fingerprint density at radius 3 is 2.42 bits per heavy atom. The molecule has 1 saturated heterocycles. The van der Waals surface area contributed by atoms with Crippen LogP contribution in [0.2, 0.25) is 0 Å². The maximum absolute atomic E-state index is 12.4. The molecule has 8 heteroatoms.